The van der Waals surface area contributed by atoms with Crippen molar-refractivity contribution in [2.24, 2.45) is 5.73 Å². The van der Waals surface area contributed by atoms with Gasteiger partial charge in [-0.05, 0) is 50.0 Å². The van der Waals surface area contributed by atoms with E-state index in [1.807, 2.05) is 4.57 Å². The number of halogens is 1. The minimum absolute atomic E-state index is 0.00416. The Morgan fingerprint density at radius 3 is 2.75 bits per heavy atom. The molecule has 3 aliphatic heterocycles. The van der Waals surface area contributed by atoms with Gasteiger partial charge < -0.3 is 20.5 Å². The highest BCUT2D eigenvalue weighted by molar-refractivity contribution is 5.94. The molecule has 4 N–H and O–H groups in total. The van der Waals surface area contributed by atoms with Crippen molar-refractivity contribution < 1.29 is 19.4 Å². The van der Waals surface area contributed by atoms with Crippen LogP contribution in [-0.4, -0.2) is 55.4 Å². The van der Waals surface area contributed by atoms with Crippen molar-refractivity contribution in [3.8, 4) is 23.2 Å². The summed E-state index contributed by atoms with van der Waals surface area (Å²) in [6.07, 6.45) is 3.07. The van der Waals surface area contributed by atoms with Crippen molar-refractivity contribution in [2.75, 3.05) is 13.1 Å². The third-order valence-corrected chi connectivity index (χ3v) is 6.22. The van der Waals surface area contributed by atoms with Crippen LogP contribution in [0.5, 0.6) is 0 Å². The van der Waals surface area contributed by atoms with E-state index in [9.17, 15) is 19.4 Å². The number of likely N-dealkylation sites (tertiary alicyclic amines) is 1. The van der Waals surface area contributed by atoms with Gasteiger partial charge in [0.25, 0.3) is 5.91 Å². The molecule has 1 aliphatic carbocycles. The fourth-order valence-corrected chi connectivity index (χ4v) is 4.66. The van der Waals surface area contributed by atoms with Crippen LogP contribution >= 0.6 is 0 Å². The Morgan fingerprint density at radius 2 is 2.12 bits per heavy atom. The molecule has 7 nitrogen and oxygen atoms in total. The number of nitrogens with zero attached hydrogens (tertiary/aromatic N) is 3. The number of β-amino-alcohol motifs (C(OH)–C–C–N with tert-alkyl or cyclic N) is 1. The third-order valence-electron chi connectivity index (χ3n) is 6.22. The van der Waals surface area contributed by atoms with Crippen LogP contribution in [0.1, 0.15) is 60.0 Å². The van der Waals surface area contributed by atoms with Crippen LogP contribution < -0.4 is 5.73 Å². The Bertz CT molecular complexity index is 1230. The highest BCUT2D eigenvalue weighted by Crippen LogP contribution is 2.48. The molecular formula is C24H25FN4O3. The van der Waals surface area contributed by atoms with Gasteiger partial charge in [0.05, 0.1) is 23.4 Å². The van der Waals surface area contributed by atoms with Crippen molar-refractivity contribution >= 4 is 11.5 Å². The first-order valence-corrected chi connectivity index (χ1v) is 10.7. The Morgan fingerprint density at radius 1 is 1.38 bits per heavy atom. The zero-order chi connectivity index (χ0) is 22.8. The van der Waals surface area contributed by atoms with Gasteiger partial charge in [0.1, 0.15) is 17.2 Å². The number of primary amides is 1. The van der Waals surface area contributed by atoms with E-state index in [1.54, 1.807) is 6.07 Å². The van der Waals surface area contributed by atoms with Crippen molar-refractivity contribution in [3.63, 3.8) is 0 Å². The molecule has 2 bridgehead atoms. The summed E-state index contributed by atoms with van der Waals surface area (Å²) in [5.41, 5.74) is 7.95. The molecule has 2 unspecified atom stereocenters. The molecule has 8 heteroatoms. The van der Waals surface area contributed by atoms with E-state index in [0.29, 0.717) is 43.0 Å². The Hall–Kier alpha value is -2.99. The van der Waals surface area contributed by atoms with Gasteiger partial charge >= 0.3 is 0 Å². The summed E-state index contributed by atoms with van der Waals surface area (Å²) < 4.78 is 16.8. The number of hydrogen-bond donors (Lipinski definition) is 3. The molecule has 1 aromatic heterocycles. The zero-order valence-electron chi connectivity index (χ0n) is 18.0. The van der Waals surface area contributed by atoms with Crippen LogP contribution in [0.25, 0.3) is 17.0 Å². The minimum Gasteiger partial charge on any atom is -0.392 e. The lowest BCUT2D eigenvalue weighted by molar-refractivity contribution is 0.0993. The predicted octanol–water partition coefficient (Wildman–Crippen LogP) is 1.82. The molecular weight excluding hydrogens is 411 g/mol. The summed E-state index contributed by atoms with van der Waals surface area (Å²) in [5.74, 6) is 4.86. The van der Waals surface area contributed by atoms with Gasteiger partial charge in [-0.15, -0.1) is 0 Å². The molecule has 1 saturated heterocycles. The number of nitrogens with two attached hydrogens (primary N) is 1. The molecule has 4 aliphatic rings. The third kappa shape index (κ3) is 3.52. The first-order valence-electron chi connectivity index (χ1n) is 10.7. The minimum atomic E-state index is -1.26. The maximum atomic E-state index is 14.8. The SMILES string of the molecule is CC(C)(O)C#Cc1cc2c(cc1F)C1=CC(C1)n1c-2nc(C(N)=O)c1CN1CCC(O)C1. The number of allylic oxidation sites excluding steroid dienone is 2. The van der Waals surface area contributed by atoms with Gasteiger partial charge in [0, 0.05) is 25.2 Å². The van der Waals surface area contributed by atoms with E-state index in [4.69, 9.17) is 5.73 Å². The van der Waals surface area contributed by atoms with Crippen molar-refractivity contribution in [3.05, 3.63) is 46.5 Å². The molecule has 2 aromatic rings. The number of imidazole rings is 1. The number of rotatable bonds is 3. The van der Waals surface area contributed by atoms with Gasteiger partial charge in [-0.3, -0.25) is 9.69 Å². The first-order chi connectivity index (χ1) is 15.1. The van der Waals surface area contributed by atoms with E-state index in [-0.39, 0.29) is 23.4 Å². The summed E-state index contributed by atoms with van der Waals surface area (Å²) in [7, 11) is 0. The number of benzene rings is 1. The summed E-state index contributed by atoms with van der Waals surface area (Å²) in [6.45, 7) is 4.78. The van der Waals surface area contributed by atoms with Gasteiger partial charge in [-0.25, -0.2) is 9.37 Å². The smallest absolute Gasteiger partial charge is 0.269 e. The molecule has 0 saturated carbocycles. The number of hydrogen-bond acceptors (Lipinski definition) is 5. The fraction of sp³-hybridized carbons (Fsp3) is 0.417. The van der Waals surface area contributed by atoms with Crippen LogP contribution in [0.3, 0.4) is 0 Å². The van der Waals surface area contributed by atoms with Crippen molar-refractivity contribution in [2.45, 2.75) is 51.0 Å². The topological polar surface area (TPSA) is 105 Å². The molecule has 0 radical (unpaired) electrons. The lowest BCUT2D eigenvalue weighted by Crippen LogP contribution is -2.27. The largest absolute Gasteiger partial charge is 0.392 e. The number of aliphatic hydroxyl groups is 2. The molecule has 1 amide bonds. The van der Waals surface area contributed by atoms with Crippen molar-refractivity contribution in [1.29, 1.82) is 0 Å². The number of amides is 1. The second-order valence-corrected chi connectivity index (χ2v) is 9.29. The average molecular weight is 436 g/mol. The number of carbonyl (C=O) groups excluding carboxylic acids is 1. The van der Waals surface area contributed by atoms with Crippen LogP contribution in [0, 0.1) is 17.7 Å². The molecule has 2 atom stereocenters. The summed E-state index contributed by atoms with van der Waals surface area (Å²) in [4.78, 5) is 19.0. The monoisotopic (exact) mass is 436 g/mol. The lowest BCUT2D eigenvalue weighted by Gasteiger charge is -2.27. The quantitative estimate of drug-likeness (QED) is 0.637. The summed E-state index contributed by atoms with van der Waals surface area (Å²) >= 11 is 0. The van der Waals surface area contributed by atoms with Crippen molar-refractivity contribution in [1.82, 2.24) is 14.5 Å². The number of aromatic nitrogens is 2. The molecule has 0 spiro atoms. The zero-order valence-corrected chi connectivity index (χ0v) is 18.0. The van der Waals surface area contributed by atoms with E-state index < -0.39 is 17.3 Å². The summed E-state index contributed by atoms with van der Waals surface area (Å²) in [6, 6.07) is 3.10. The molecule has 4 heterocycles. The fourth-order valence-electron chi connectivity index (χ4n) is 4.66. The van der Waals surface area contributed by atoms with Gasteiger partial charge in [-0.1, -0.05) is 17.9 Å². The first kappa shape index (κ1) is 20.9. The second-order valence-electron chi connectivity index (χ2n) is 9.29. The van der Waals surface area contributed by atoms with Gasteiger partial charge in [0.15, 0.2) is 5.69 Å². The lowest BCUT2D eigenvalue weighted by atomic mass is 9.86. The van der Waals surface area contributed by atoms with Gasteiger partial charge in [-0.2, -0.15) is 0 Å². The molecule has 166 valence electrons. The Kier molecular flexibility index (Phi) is 4.75. The normalized spacial score (nSPS) is 21.6. The predicted molar refractivity (Wildman–Crippen MR) is 117 cm³/mol. The van der Waals surface area contributed by atoms with E-state index in [1.165, 1.54) is 19.9 Å². The van der Waals surface area contributed by atoms with E-state index in [2.05, 4.69) is 27.8 Å². The number of aliphatic hydroxyl groups excluding tert-OH is 1. The second kappa shape index (κ2) is 7.27. The summed E-state index contributed by atoms with van der Waals surface area (Å²) in [5, 5.41) is 19.8. The van der Waals surface area contributed by atoms with E-state index >= 15 is 0 Å². The average Bonchev–Trinajstić information content (AvgIpc) is 3.17. The Labute approximate surface area is 185 Å². The van der Waals surface area contributed by atoms with Crippen LogP contribution in [0.4, 0.5) is 4.39 Å². The number of carbonyl (C=O) groups is 1. The van der Waals surface area contributed by atoms with Gasteiger partial charge in [0.2, 0.25) is 0 Å². The molecule has 1 aromatic carbocycles. The highest BCUT2D eigenvalue weighted by atomic mass is 19.1. The maximum Gasteiger partial charge on any atom is 0.269 e. The van der Waals surface area contributed by atoms with Crippen LogP contribution in [0.2, 0.25) is 0 Å². The standard InChI is InChI=1S/C24H25FN4O3/c1-24(2,32)5-3-13-9-18-17(10-19(13)25)14-7-15(8-14)29-20(12-28-6-4-16(30)11-28)21(22(26)31)27-23(18)29/h7,9-10,15-16,30,32H,4,6,8,11-12H2,1-2H3,(H2,26,31). The maximum absolute atomic E-state index is 14.8. The molecule has 1 fully saturated rings. The Balaban J connectivity index is 1.67. The highest BCUT2D eigenvalue weighted by Gasteiger charge is 2.37. The van der Waals surface area contributed by atoms with E-state index in [0.717, 1.165) is 17.7 Å². The molecule has 32 heavy (non-hydrogen) atoms. The molecule has 6 rings (SSSR count). The van der Waals surface area contributed by atoms with Crippen LogP contribution in [0.15, 0.2) is 18.2 Å². The van der Waals surface area contributed by atoms with Crippen LogP contribution in [-0.2, 0) is 6.54 Å².